The lowest BCUT2D eigenvalue weighted by molar-refractivity contribution is 0.342. The average Bonchev–Trinajstić information content (AvgIpc) is 2.94. The molecule has 2 rings (SSSR count). The molecule has 0 aliphatic rings. The zero-order valence-corrected chi connectivity index (χ0v) is 24.8. The average molecular weight is 571 g/mol. The number of aliphatic hydroxyl groups is 1. The van der Waals surface area contributed by atoms with E-state index in [1.807, 2.05) is 12.1 Å². The summed E-state index contributed by atoms with van der Waals surface area (Å²) in [7, 11) is -7.40. The number of ether oxygens (including phenoxy) is 1. The van der Waals surface area contributed by atoms with E-state index in [1.165, 1.54) is 48.6 Å². The van der Waals surface area contributed by atoms with Gasteiger partial charge in [0.1, 0.15) is 12.4 Å². The van der Waals surface area contributed by atoms with Crippen molar-refractivity contribution in [2.45, 2.75) is 56.2 Å². The van der Waals surface area contributed by atoms with Crippen LogP contribution in [0.1, 0.15) is 46.6 Å². The van der Waals surface area contributed by atoms with Crippen LogP contribution in [0.4, 0.5) is 0 Å². The number of hydrogen-bond acceptors (Lipinski definition) is 6. The monoisotopic (exact) mass is 570 g/mol. The first-order valence-corrected chi connectivity index (χ1v) is 15.3. The van der Waals surface area contributed by atoms with Gasteiger partial charge in [-0.3, -0.25) is 0 Å². The van der Waals surface area contributed by atoms with E-state index in [0.717, 1.165) is 12.0 Å². The molecule has 8 heteroatoms. The van der Waals surface area contributed by atoms with Gasteiger partial charge in [0, 0.05) is 0 Å². The minimum atomic E-state index is -3.72. The van der Waals surface area contributed by atoms with Crippen molar-refractivity contribution in [1.29, 1.82) is 0 Å². The number of terminal acetylenes is 1. The number of benzene rings is 2. The summed E-state index contributed by atoms with van der Waals surface area (Å²) < 4.78 is 57.3. The van der Waals surface area contributed by atoms with Gasteiger partial charge in [0.15, 0.2) is 0 Å². The van der Waals surface area contributed by atoms with Crippen LogP contribution in [-0.2, 0) is 25.1 Å². The highest BCUT2D eigenvalue weighted by Crippen LogP contribution is 2.29. The molecule has 0 bridgehead atoms. The number of aliphatic hydroxyl groups excluding tert-OH is 1. The van der Waals surface area contributed by atoms with Crippen LogP contribution in [0, 0.1) is 12.8 Å². The third-order valence-electron chi connectivity index (χ3n) is 6.17. The highest BCUT2D eigenvalue weighted by Gasteiger charge is 2.22. The van der Waals surface area contributed by atoms with Gasteiger partial charge in [-0.1, -0.05) is 51.1 Å². The van der Waals surface area contributed by atoms with Crippen molar-refractivity contribution >= 4 is 19.7 Å². The van der Waals surface area contributed by atoms with Crippen LogP contribution in [0.5, 0.6) is 5.75 Å². The summed E-state index contributed by atoms with van der Waals surface area (Å²) in [5, 5.41) is 8.92. The Morgan fingerprint density at radius 3 is 1.67 bits per heavy atom. The Labute approximate surface area is 234 Å². The lowest BCUT2D eigenvalue weighted by Crippen LogP contribution is -2.15. The van der Waals surface area contributed by atoms with E-state index in [2.05, 4.69) is 33.6 Å². The molecule has 1 N–H and O–H groups in total. The number of sulfone groups is 2. The Morgan fingerprint density at radius 1 is 0.821 bits per heavy atom. The molecule has 0 atom stereocenters. The second kappa shape index (κ2) is 15.3. The summed E-state index contributed by atoms with van der Waals surface area (Å²) >= 11 is 0. The van der Waals surface area contributed by atoms with Crippen molar-refractivity contribution in [1.82, 2.24) is 0 Å². The van der Waals surface area contributed by atoms with Crippen LogP contribution in [0.3, 0.4) is 0 Å². The molecule has 39 heavy (non-hydrogen) atoms. The van der Waals surface area contributed by atoms with Gasteiger partial charge in [-0.25, -0.2) is 16.8 Å². The van der Waals surface area contributed by atoms with Crippen molar-refractivity contribution in [2.75, 3.05) is 13.2 Å². The van der Waals surface area contributed by atoms with Crippen molar-refractivity contribution in [2.24, 2.45) is 0 Å². The van der Waals surface area contributed by atoms with Gasteiger partial charge < -0.3 is 9.84 Å². The maximum Gasteiger partial charge on any atom is 0.206 e. The van der Waals surface area contributed by atoms with E-state index in [1.54, 1.807) is 38.1 Å². The molecule has 0 unspecified atom stereocenters. The molecule has 0 saturated heterocycles. The van der Waals surface area contributed by atoms with Crippen LogP contribution in [0.15, 0.2) is 105 Å². The molecular formula is C31H38O6S2. The lowest BCUT2D eigenvalue weighted by atomic mass is 9.82. The van der Waals surface area contributed by atoms with E-state index in [0.29, 0.717) is 5.75 Å². The van der Waals surface area contributed by atoms with E-state index in [9.17, 15) is 16.8 Å². The molecule has 0 saturated carbocycles. The fourth-order valence-corrected chi connectivity index (χ4v) is 6.14. The van der Waals surface area contributed by atoms with Crippen molar-refractivity contribution in [3.8, 4) is 18.6 Å². The van der Waals surface area contributed by atoms with Crippen LogP contribution in [0.25, 0.3) is 0 Å². The molecular weight excluding hydrogens is 532 g/mol. The third kappa shape index (κ3) is 8.82. The van der Waals surface area contributed by atoms with E-state index >= 15 is 0 Å². The Hall–Kier alpha value is -3.38. The number of hydrogen-bond donors (Lipinski definition) is 1. The molecule has 0 heterocycles. The fourth-order valence-electron chi connectivity index (χ4n) is 3.44. The van der Waals surface area contributed by atoms with Gasteiger partial charge >= 0.3 is 0 Å². The van der Waals surface area contributed by atoms with Crippen LogP contribution >= 0.6 is 0 Å². The predicted molar refractivity (Wildman–Crippen MR) is 159 cm³/mol. The lowest BCUT2D eigenvalue weighted by Gasteiger charge is -2.23. The fraction of sp³-hybridized carbons (Fsp3) is 0.290. The van der Waals surface area contributed by atoms with Gasteiger partial charge in [-0.2, -0.15) is 0 Å². The van der Waals surface area contributed by atoms with Crippen LogP contribution in [0.2, 0.25) is 0 Å². The molecule has 6 nitrogen and oxygen atoms in total. The number of rotatable bonds is 12. The largest absolute Gasteiger partial charge is 0.490 e. The molecule has 0 spiro atoms. The topological polar surface area (TPSA) is 97.7 Å². The first-order chi connectivity index (χ1) is 18.4. The van der Waals surface area contributed by atoms with E-state index < -0.39 is 19.7 Å². The molecule has 0 radical (unpaired) electrons. The SMILES string of the molecule is C#C.C/C=C(\C=C/CO)S(=O)(=O)c1ccc(OC/C=C\C(=C/C)S(=O)(=O)c2ccc(C(C)(C)CC)cc2)cc1. The summed E-state index contributed by atoms with van der Waals surface area (Å²) in [5.41, 5.74) is 1.06. The first-order valence-electron chi connectivity index (χ1n) is 12.4. The quantitative estimate of drug-likeness (QED) is 0.242. The Balaban J connectivity index is 0.00000371. The van der Waals surface area contributed by atoms with Crippen molar-refractivity contribution < 1.29 is 26.7 Å². The van der Waals surface area contributed by atoms with Gasteiger partial charge in [-0.15, -0.1) is 12.8 Å². The second-order valence-electron chi connectivity index (χ2n) is 8.92. The minimum absolute atomic E-state index is 0.0305. The van der Waals surface area contributed by atoms with Gasteiger partial charge in [0.25, 0.3) is 0 Å². The van der Waals surface area contributed by atoms with E-state index in [-0.39, 0.29) is 38.2 Å². The normalized spacial score (nSPS) is 13.3. The molecule has 0 aliphatic carbocycles. The molecule has 2 aromatic rings. The van der Waals surface area contributed by atoms with Gasteiger partial charge in [0.2, 0.25) is 19.7 Å². The molecule has 0 amide bonds. The first kappa shape index (κ1) is 33.6. The zero-order valence-electron chi connectivity index (χ0n) is 23.2. The minimum Gasteiger partial charge on any atom is -0.490 e. The molecule has 2 aromatic carbocycles. The molecule has 0 aromatic heterocycles. The van der Waals surface area contributed by atoms with E-state index in [4.69, 9.17) is 9.84 Å². The zero-order chi connectivity index (χ0) is 29.7. The van der Waals surface area contributed by atoms with Gasteiger partial charge in [-0.05, 0) is 85.9 Å². The molecule has 0 aliphatic heterocycles. The summed E-state index contributed by atoms with van der Waals surface area (Å²) in [6.07, 6.45) is 17.8. The molecule has 210 valence electrons. The summed E-state index contributed by atoms with van der Waals surface area (Å²) in [4.78, 5) is 0.575. The predicted octanol–water partition coefficient (Wildman–Crippen LogP) is 6.16. The maximum absolute atomic E-state index is 13.1. The third-order valence-corrected chi connectivity index (χ3v) is 9.94. The number of allylic oxidation sites excluding steroid dienone is 4. The maximum atomic E-state index is 13.1. The highest BCUT2D eigenvalue weighted by atomic mass is 32.2. The Kier molecular flexibility index (Phi) is 13.2. The second-order valence-corrected chi connectivity index (χ2v) is 12.8. The Morgan fingerprint density at radius 2 is 1.26 bits per heavy atom. The van der Waals surface area contributed by atoms with Crippen LogP contribution < -0.4 is 4.74 Å². The Bertz CT molecular complexity index is 1420. The summed E-state index contributed by atoms with van der Waals surface area (Å²) in [6.45, 7) is 9.47. The van der Waals surface area contributed by atoms with Crippen molar-refractivity contribution in [3.63, 3.8) is 0 Å². The highest BCUT2D eigenvalue weighted by molar-refractivity contribution is 7.95. The van der Waals surface area contributed by atoms with Crippen LogP contribution in [-0.4, -0.2) is 35.2 Å². The molecule has 0 fully saturated rings. The summed E-state index contributed by atoms with van der Waals surface area (Å²) in [6, 6.07) is 13.0. The standard InChI is InChI=1S/C29H36O6S2.C2H2/c1-6-25(11-9-21-30)36(31,32)28-19-15-24(16-20-28)35-22-10-12-26(7-2)37(33,34)27-17-13-23(14-18-27)29(4,5)8-3;1-2/h6-7,9-20,30H,8,21-22H2,1-5H3;1-2H/b11-9-,12-10-,25-6+,26-7+;. The van der Waals surface area contributed by atoms with Crippen molar-refractivity contribution in [3.05, 3.63) is 100 Å². The smallest absolute Gasteiger partial charge is 0.206 e. The summed E-state index contributed by atoms with van der Waals surface area (Å²) in [5.74, 6) is 0.440. The van der Waals surface area contributed by atoms with Gasteiger partial charge in [0.05, 0.1) is 26.2 Å².